The third-order valence-electron chi connectivity index (χ3n) is 5.28. The van der Waals surface area contributed by atoms with Crippen molar-refractivity contribution in [3.05, 3.63) is 55.0 Å². The van der Waals surface area contributed by atoms with Crippen LogP contribution in [0.1, 0.15) is 25.3 Å². The zero-order valence-electron chi connectivity index (χ0n) is 14.5. The van der Waals surface area contributed by atoms with Crippen molar-refractivity contribution in [3.63, 3.8) is 0 Å². The van der Waals surface area contributed by atoms with Gasteiger partial charge in [-0.25, -0.2) is 14.4 Å². The highest BCUT2D eigenvalue weighted by Crippen LogP contribution is 2.37. The van der Waals surface area contributed by atoms with Gasteiger partial charge in [0.25, 0.3) is 0 Å². The van der Waals surface area contributed by atoms with E-state index in [1.54, 1.807) is 6.20 Å². The Bertz CT molecular complexity index is 1140. The van der Waals surface area contributed by atoms with E-state index in [0.29, 0.717) is 11.0 Å². The van der Waals surface area contributed by atoms with Crippen LogP contribution in [0.25, 0.3) is 21.8 Å². The third-order valence-corrected chi connectivity index (χ3v) is 5.28. The van der Waals surface area contributed by atoms with Gasteiger partial charge in [-0.15, -0.1) is 0 Å². The number of nitrogens with two attached hydrogens (primary N) is 1. The molecule has 1 aromatic carbocycles. The fourth-order valence-electron chi connectivity index (χ4n) is 3.99. The van der Waals surface area contributed by atoms with E-state index in [-0.39, 0.29) is 23.8 Å². The number of benzene rings is 1. The summed E-state index contributed by atoms with van der Waals surface area (Å²) in [6, 6.07) is 8.08. The predicted molar refractivity (Wildman–Crippen MR) is 101 cm³/mol. The lowest BCUT2D eigenvalue weighted by Gasteiger charge is -2.17. The highest BCUT2D eigenvalue weighted by molar-refractivity contribution is 5.87. The Morgan fingerprint density at radius 3 is 3.04 bits per heavy atom. The lowest BCUT2D eigenvalue weighted by Crippen LogP contribution is -2.14. The van der Waals surface area contributed by atoms with Crippen LogP contribution in [-0.2, 0) is 0 Å². The van der Waals surface area contributed by atoms with Crippen LogP contribution < -0.4 is 10.5 Å². The summed E-state index contributed by atoms with van der Waals surface area (Å²) in [5, 5.41) is 2.39. The van der Waals surface area contributed by atoms with E-state index in [2.05, 4.69) is 15.0 Å². The molecule has 5 rings (SSSR count). The second-order valence-corrected chi connectivity index (χ2v) is 6.90. The van der Waals surface area contributed by atoms with Gasteiger partial charge in [0.2, 0.25) is 0 Å². The topological polar surface area (TPSA) is 78.8 Å². The predicted octanol–water partition coefficient (Wildman–Crippen LogP) is 3.87. The fourth-order valence-corrected chi connectivity index (χ4v) is 3.99. The number of nitrogen functional groups attached to an aromatic ring is 1. The molecule has 6 nitrogen and oxygen atoms in total. The van der Waals surface area contributed by atoms with Crippen LogP contribution >= 0.6 is 0 Å². The molecule has 1 aliphatic rings. The van der Waals surface area contributed by atoms with Crippen LogP contribution in [0.3, 0.4) is 0 Å². The summed E-state index contributed by atoms with van der Waals surface area (Å²) in [6.45, 7) is 0. The highest BCUT2D eigenvalue weighted by Gasteiger charge is 2.30. The maximum atomic E-state index is 14.3. The smallest absolute Gasteiger partial charge is 0.154 e. The number of anilines is 1. The molecular weight excluding hydrogens is 345 g/mol. The first-order valence-electron chi connectivity index (χ1n) is 8.96. The fraction of sp³-hybridized carbons (Fsp3) is 0.250. The molecule has 2 atom stereocenters. The minimum absolute atomic E-state index is 0.0560. The molecule has 7 heteroatoms. The van der Waals surface area contributed by atoms with Crippen LogP contribution in [0.2, 0.25) is 0 Å². The summed E-state index contributed by atoms with van der Waals surface area (Å²) in [4.78, 5) is 12.3. The molecule has 1 fully saturated rings. The van der Waals surface area contributed by atoms with Gasteiger partial charge < -0.3 is 15.0 Å². The highest BCUT2D eigenvalue weighted by atomic mass is 19.1. The van der Waals surface area contributed by atoms with Gasteiger partial charge in [0.15, 0.2) is 5.82 Å². The Hall–Kier alpha value is -3.22. The third kappa shape index (κ3) is 2.66. The molecule has 0 spiro atoms. The minimum atomic E-state index is -0.382. The Morgan fingerprint density at radius 2 is 2.11 bits per heavy atom. The zero-order valence-corrected chi connectivity index (χ0v) is 14.5. The molecule has 4 aromatic rings. The minimum Gasteiger partial charge on any atom is -0.490 e. The van der Waals surface area contributed by atoms with Crippen molar-refractivity contribution in [2.75, 3.05) is 5.73 Å². The zero-order chi connectivity index (χ0) is 18.4. The number of rotatable bonds is 3. The van der Waals surface area contributed by atoms with Gasteiger partial charge in [0.1, 0.15) is 29.6 Å². The Balaban J connectivity index is 1.41. The summed E-state index contributed by atoms with van der Waals surface area (Å²) in [7, 11) is 0. The van der Waals surface area contributed by atoms with E-state index in [4.69, 9.17) is 10.5 Å². The molecular formula is C20H18FN5O. The number of ether oxygens (including phenoxy) is 1. The van der Waals surface area contributed by atoms with Gasteiger partial charge in [-0.1, -0.05) is 12.1 Å². The molecule has 1 saturated carbocycles. The summed E-state index contributed by atoms with van der Waals surface area (Å²) < 4.78 is 22.5. The van der Waals surface area contributed by atoms with Gasteiger partial charge >= 0.3 is 0 Å². The van der Waals surface area contributed by atoms with Crippen LogP contribution in [-0.4, -0.2) is 25.6 Å². The molecule has 0 aliphatic heterocycles. The van der Waals surface area contributed by atoms with E-state index < -0.39 is 0 Å². The van der Waals surface area contributed by atoms with Gasteiger partial charge in [-0.3, -0.25) is 4.98 Å². The van der Waals surface area contributed by atoms with Crippen molar-refractivity contribution in [1.29, 1.82) is 0 Å². The summed E-state index contributed by atoms with van der Waals surface area (Å²) in [5.74, 6) is 0.624. The average Bonchev–Trinajstić information content (AvgIpc) is 3.27. The molecule has 1 aliphatic carbocycles. The number of aromatic nitrogens is 4. The number of pyridine rings is 1. The first-order valence-corrected chi connectivity index (χ1v) is 8.96. The number of hydrogen-bond donors (Lipinski definition) is 1. The quantitative estimate of drug-likeness (QED) is 0.598. The van der Waals surface area contributed by atoms with E-state index in [1.807, 2.05) is 35.0 Å². The van der Waals surface area contributed by atoms with Gasteiger partial charge in [-0.2, -0.15) is 0 Å². The van der Waals surface area contributed by atoms with Crippen molar-refractivity contribution in [2.45, 2.75) is 31.4 Å². The second-order valence-electron chi connectivity index (χ2n) is 6.90. The van der Waals surface area contributed by atoms with Crippen molar-refractivity contribution in [1.82, 2.24) is 19.5 Å². The molecule has 136 valence electrons. The monoisotopic (exact) mass is 363 g/mol. The van der Waals surface area contributed by atoms with E-state index in [9.17, 15) is 4.39 Å². The van der Waals surface area contributed by atoms with E-state index >= 15 is 0 Å². The van der Waals surface area contributed by atoms with E-state index in [1.165, 1.54) is 12.5 Å². The normalized spacial score (nSPS) is 19.7. The first-order chi connectivity index (χ1) is 13.2. The summed E-state index contributed by atoms with van der Waals surface area (Å²) in [5.41, 5.74) is 6.36. The molecule has 0 radical (unpaired) electrons. The van der Waals surface area contributed by atoms with Crippen molar-refractivity contribution < 1.29 is 9.13 Å². The van der Waals surface area contributed by atoms with Gasteiger partial charge in [-0.05, 0) is 30.4 Å². The van der Waals surface area contributed by atoms with Crippen molar-refractivity contribution in [2.24, 2.45) is 0 Å². The molecule has 2 N–H and O–H groups in total. The Kier molecular flexibility index (Phi) is 3.67. The molecule has 0 saturated heterocycles. The van der Waals surface area contributed by atoms with Crippen LogP contribution in [0.15, 0.2) is 49.2 Å². The largest absolute Gasteiger partial charge is 0.490 e. The van der Waals surface area contributed by atoms with Crippen LogP contribution in [0, 0.1) is 5.82 Å². The standard InChI is InChI=1S/C20H18FN5O/c21-16-10-26(20-18(16)19(22)24-11-25-20)13-4-5-14(8-13)27-17-3-1-2-12-6-7-23-9-15(12)17/h1-3,6-7,9-11,13-14H,4-5,8H2,(H2,22,24,25). The SMILES string of the molecule is Nc1ncnc2c1c(F)cn2C1CCC(Oc2cccc3ccncc23)C1. The van der Waals surface area contributed by atoms with Crippen molar-refractivity contribution in [3.8, 4) is 5.75 Å². The summed E-state index contributed by atoms with van der Waals surface area (Å²) >= 11 is 0. The van der Waals surface area contributed by atoms with Crippen LogP contribution in [0.4, 0.5) is 10.2 Å². The summed E-state index contributed by atoms with van der Waals surface area (Å²) in [6.07, 6.45) is 9.07. The van der Waals surface area contributed by atoms with Crippen molar-refractivity contribution >= 4 is 27.6 Å². The number of hydrogen-bond acceptors (Lipinski definition) is 5. The average molecular weight is 363 g/mol. The van der Waals surface area contributed by atoms with Gasteiger partial charge in [0.05, 0.1) is 5.39 Å². The Labute approximate surface area is 154 Å². The maximum absolute atomic E-state index is 14.3. The van der Waals surface area contributed by atoms with Gasteiger partial charge in [0, 0.05) is 36.4 Å². The molecule has 27 heavy (non-hydrogen) atoms. The second kappa shape index (κ2) is 6.19. The number of fused-ring (bicyclic) bond motifs is 2. The lowest BCUT2D eigenvalue weighted by molar-refractivity contribution is 0.207. The molecule has 2 unspecified atom stereocenters. The molecule has 3 heterocycles. The Morgan fingerprint density at radius 1 is 1.19 bits per heavy atom. The van der Waals surface area contributed by atoms with Crippen LogP contribution in [0.5, 0.6) is 5.75 Å². The van der Waals surface area contributed by atoms with E-state index in [0.717, 1.165) is 35.8 Å². The molecule has 3 aromatic heterocycles. The molecule has 0 amide bonds. The number of nitrogens with zero attached hydrogens (tertiary/aromatic N) is 4. The number of halogens is 1. The molecule has 0 bridgehead atoms. The maximum Gasteiger partial charge on any atom is 0.154 e. The lowest BCUT2D eigenvalue weighted by atomic mass is 10.1. The first kappa shape index (κ1) is 16.0.